The smallest absolute Gasteiger partial charge is 0.191 e. The molecule has 0 aromatic rings. The van der Waals surface area contributed by atoms with Crippen molar-refractivity contribution in [1.29, 1.82) is 0 Å². The molecule has 1 heterocycles. The van der Waals surface area contributed by atoms with Gasteiger partial charge in [0, 0.05) is 18.1 Å². The van der Waals surface area contributed by atoms with Crippen LogP contribution in [-0.4, -0.2) is 48.6 Å². The van der Waals surface area contributed by atoms with E-state index in [1.807, 2.05) is 0 Å². The quantitative estimate of drug-likeness (QED) is 0.418. The number of piperidine rings is 1. The van der Waals surface area contributed by atoms with E-state index in [9.17, 15) is 0 Å². The second-order valence-electron chi connectivity index (χ2n) is 7.02. The molecule has 2 unspecified atom stereocenters. The molecule has 1 aliphatic heterocycles. The van der Waals surface area contributed by atoms with Crippen LogP contribution in [0.25, 0.3) is 0 Å². The van der Waals surface area contributed by atoms with Crippen molar-refractivity contribution in [3.63, 3.8) is 0 Å². The number of rotatable bonds is 5. The Kier molecular flexibility index (Phi) is 7.74. The molecule has 2 N–H and O–H groups in total. The Bertz CT molecular complexity index is 337. The molecule has 1 saturated heterocycles. The number of hydrogen-bond acceptors (Lipinski definition) is 2. The van der Waals surface area contributed by atoms with Gasteiger partial charge >= 0.3 is 0 Å². The summed E-state index contributed by atoms with van der Waals surface area (Å²) in [5, 5.41) is 6.91. The lowest BCUT2D eigenvalue weighted by Gasteiger charge is -2.40. The Hall–Kier alpha value is -0.0400. The van der Waals surface area contributed by atoms with Crippen LogP contribution >= 0.6 is 24.0 Å². The van der Waals surface area contributed by atoms with Gasteiger partial charge in [0.2, 0.25) is 0 Å². The average molecular weight is 408 g/mol. The molecule has 0 aromatic heterocycles. The lowest BCUT2D eigenvalue weighted by Crippen LogP contribution is -2.49. The summed E-state index contributed by atoms with van der Waals surface area (Å²) in [6, 6.07) is 0.630. The molecule has 2 rings (SSSR count). The van der Waals surface area contributed by atoms with Gasteiger partial charge in [-0.1, -0.05) is 13.3 Å². The molecule has 2 atom stereocenters. The van der Waals surface area contributed by atoms with E-state index in [1.165, 1.54) is 38.8 Å². The molecule has 5 heteroatoms. The topological polar surface area (TPSA) is 39.7 Å². The van der Waals surface area contributed by atoms with Crippen LogP contribution in [0.15, 0.2) is 4.99 Å². The molecule has 0 amide bonds. The van der Waals surface area contributed by atoms with Crippen molar-refractivity contribution in [3.05, 3.63) is 0 Å². The molecule has 0 radical (unpaired) electrons. The van der Waals surface area contributed by atoms with Gasteiger partial charge in [-0.15, -0.1) is 24.0 Å². The fourth-order valence-electron chi connectivity index (χ4n) is 2.89. The SMILES string of the molecule is CCNC(=NCC(C)(C)N1CCCCC1)NC1CC1C.I. The molecule has 0 spiro atoms. The van der Waals surface area contributed by atoms with E-state index in [4.69, 9.17) is 4.99 Å². The van der Waals surface area contributed by atoms with Gasteiger partial charge in [0.15, 0.2) is 5.96 Å². The number of guanidine groups is 1. The first-order valence-electron chi connectivity index (χ1n) is 8.33. The second-order valence-corrected chi connectivity index (χ2v) is 7.02. The van der Waals surface area contributed by atoms with E-state index in [1.54, 1.807) is 0 Å². The Morgan fingerprint density at radius 1 is 1.24 bits per heavy atom. The minimum absolute atomic E-state index is 0. The number of nitrogens with one attached hydrogen (secondary N) is 2. The van der Waals surface area contributed by atoms with E-state index in [2.05, 4.69) is 43.2 Å². The van der Waals surface area contributed by atoms with Crippen LogP contribution in [-0.2, 0) is 0 Å². The van der Waals surface area contributed by atoms with E-state index in [0.717, 1.165) is 25.0 Å². The van der Waals surface area contributed by atoms with Crippen molar-refractivity contribution in [2.75, 3.05) is 26.2 Å². The molecular formula is C16H33IN4. The zero-order valence-electron chi connectivity index (χ0n) is 14.1. The van der Waals surface area contributed by atoms with Crippen LogP contribution in [0, 0.1) is 5.92 Å². The van der Waals surface area contributed by atoms with Gasteiger partial charge in [0.05, 0.1) is 6.54 Å². The monoisotopic (exact) mass is 408 g/mol. The van der Waals surface area contributed by atoms with Crippen molar-refractivity contribution in [2.45, 2.75) is 65.0 Å². The maximum Gasteiger partial charge on any atom is 0.191 e. The highest BCUT2D eigenvalue weighted by Gasteiger charge is 2.33. The highest BCUT2D eigenvalue weighted by Crippen LogP contribution is 2.28. The van der Waals surface area contributed by atoms with Gasteiger partial charge in [-0.25, -0.2) is 0 Å². The summed E-state index contributed by atoms with van der Waals surface area (Å²) in [6.45, 7) is 13.3. The first kappa shape index (κ1) is 19.0. The highest BCUT2D eigenvalue weighted by atomic mass is 127. The maximum atomic E-state index is 4.83. The molecular weight excluding hydrogens is 375 g/mol. The van der Waals surface area contributed by atoms with Crippen molar-refractivity contribution in [1.82, 2.24) is 15.5 Å². The lowest BCUT2D eigenvalue weighted by molar-refractivity contribution is 0.102. The van der Waals surface area contributed by atoms with Crippen LogP contribution in [0.1, 0.15) is 53.4 Å². The predicted molar refractivity (Wildman–Crippen MR) is 102 cm³/mol. The van der Waals surface area contributed by atoms with Gasteiger partial charge in [0.25, 0.3) is 0 Å². The van der Waals surface area contributed by atoms with Gasteiger partial charge < -0.3 is 10.6 Å². The molecule has 21 heavy (non-hydrogen) atoms. The van der Waals surface area contributed by atoms with Crippen LogP contribution in [0.4, 0.5) is 0 Å². The number of hydrogen-bond donors (Lipinski definition) is 2. The van der Waals surface area contributed by atoms with Crippen molar-refractivity contribution in [3.8, 4) is 0 Å². The summed E-state index contributed by atoms with van der Waals surface area (Å²) in [4.78, 5) is 7.43. The van der Waals surface area contributed by atoms with Crippen LogP contribution in [0.2, 0.25) is 0 Å². The van der Waals surface area contributed by atoms with E-state index in [0.29, 0.717) is 6.04 Å². The summed E-state index contributed by atoms with van der Waals surface area (Å²) < 4.78 is 0. The van der Waals surface area contributed by atoms with E-state index < -0.39 is 0 Å². The Balaban J connectivity index is 0.00000220. The summed E-state index contributed by atoms with van der Waals surface area (Å²) in [5.41, 5.74) is 0.165. The van der Waals surface area contributed by atoms with Gasteiger partial charge in [-0.05, 0) is 59.0 Å². The van der Waals surface area contributed by atoms with Crippen molar-refractivity contribution in [2.24, 2.45) is 10.9 Å². The lowest BCUT2D eigenvalue weighted by atomic mass is 9.99. The first-order valence-corrected chi connectivity index (χ1v) is 8.33. The zero-order valence-corrected chi connectivity index (χ0v) is 16.4. The number of nitrogens with zero attached hydrogens (tertiary/aromatic N) is 2. The van der Waals surface area contributed by atoms with Gasteiger partial charge in [-0.3, -0.25) is 9.89 Å². The standard InChI is InChI=1S/C16H32N4.HI/c1-5-17-15(19-14-11-13(14)2)18-12-16(3,4)20-9-7-6-8-10-20;/h13-14H,5-12H2,1-4H3,(H2,17,18,19);1H. The number of aliphatic imine (C=N–C) groups is 1. The van der Waals surface area contributed by atoms with Crippen LogP contribution < -0.4 is 10.6 Å². The summed E-state index contributed by atoms with van der Waals surface area (Å²) in [5.74, 6) is 1.79. The second kappa shape index (κ2) is 8.56. The fourth-order valence-corrected chi connectivity index (χ4v) is 2.89. The largest absolute Gasteiger partial charge is 0.357 e. The average Bonchev–Trinajstić information content (AvgIpc) is 3.13. The molecule has 0 bridgehead atoms. The van der Waals surface area contributed by atoms with E-state index >= 15 is 0 Å². The molecule has 2 fully saturated rings. The minimum Gasteiger partial charge on any atom is -0.357 e. The molecule has 4 nitrogen and oxygen atoms in total. The van der Waals surface area contributed by atoms with Gasteiger partial charge in [-0.2, -0.15) is 0 Å². The van der Waals surface area contributed by atoms with Crippen molar-refractivity contribution < 1.29 is 0 Å². The number of halogens is 1. The molecule has 0 aromatic carbocycles. The Morgan fingerprint density at radius 2 is 1.86 bits per heavy atom. The number of likely N-dealkylation sites (tertiary alicyclic amines) is 1. The minimum atomic E-state index is 0. The van der Waals surface area contributed by atoms with Crippen LogP contribution in [0.5, 0.6) is 0 Å². The predicted octanol–water partition coefficient (Wildman–Crippen LogP) is 2.83. The summed E-state index contributed by atoms with van der Waals surface area (Å²) in [7, 11) is 0. The Morgan fingerprint density at radius 3 is 2.38 bits per heavy atom. The summed E-state index contributed by atoms with van der Waals surface area (Å²) >= 11 is 0. The highest BCUT2D eigenvalue weighted by molar-refractivity contribution is 14.0. The third-order valence-electron chi connectivity index (χ3n) is 4.61. The molecule has 1 saturated carbocycles. The van der Waals surface area contributed by atoms with E-state index in [-0.39, 0.29) is 29.5 Å². The van der Waals surface area contributed by atoms with Crippen LogP contribution in [0.3, 0.4) is 0 Å². The third-order valence-corrected chi connectivity index (χ3v) is 4.61. The first-order chi connectivity index (χ1) is 9.53. The summed E-state index contributed by atoms with van der Waals surface area (Å²) in [6.07, 6.45) is 5.34. The van der Waals surface area contributed by atoms with Crippen molar-refractivity contribution >= 4 is 29.9 Å². The maximum absolute atomic E-state index is 4.83. The zero-order chi connectivity index (χ0) is 14.6. The third kappa shape index (κ3) is 5.93. The molecule has 2 aliphatic rings. The molecule has 1 aliphatic carbocycles. The molecule has 124 valence electrons. The van der Waals surface area contributed by atoms with Gasteiger partial charge in [0.1, 0.15) is 0 Å². The fraction of sp³-hybridized carbons (Fsp3) is 0.938. The Labute approximate surface area is 147 Å². The normalized spacial score (nSPS) is 27.0.